The minimum Gasteiger partial charge on any atom is -0.496 e. The summed E-state index contributed by atoms with van der Waals surface area (Å²) in [5.41, 5.74) is 0.854. The van der Waals surface area contributed by atoms with Gasteiger partial charge >= 0.3 is 12.1 Å². The van der Waals surface area contributed by atoms with Crippen LogP contribution in [-0.2, 0) is 17.3 Å². The number of halogens is 3. The van der Waals surface area contributed by atoms with Crippen LogP contribution >= 0.6 is 0 Å². The molecule has 0 N–H and O–H groups in total. The lowest BCUT2D eigenvalue weighted by Crippen LogP contribution is -2.20. The van der Waals surface area contributed by atoms with Gasteiger partial charge in [0.1, 0.15) is 17.1 Å². The van der Waals surface area contributed by atoms with E-state index in [0.717, 1.165) is 5.69 Å². The van der Waals surface area contributed by atoms with Crippen LogP contribution < -0.4 is 14.4 Å². The van der Waals surface area contributed by atoms with Crippen LogP contribution in [0.3, 0.4) is 0 Å². The first-order chi connectivity index (χ1) is 16.2. The van der Waals surface area contributed by atoms with E-state index in [0.29, 0.717) is 55.0 Å². The van der Waals surface area contributed by atoms with E-state index < -0.39 is 17.8 Å². The van der Waals surface area contributed by atoms with Crippen LogP contribution in [0.15, 0.2) is 34.9 Å². The lowest BCUT2D eigenvalue weighted by atomic mass is 10.0. The van der Waals surface area contributed by atoms with Crippen LogP contribution in [0.2, 0.25) is 0 Å². The molecule has 0 aliphatic carbocycles. The van der Waals surface area contributed by atoms with Gasteiger partial charge in [0.25, 0.3) is 0 Å². The van der Waals surface area contributed by atoms with E-state index in [4.69, 9.17) is 18.7 Å². The first-order valence-corrected chi connectivity index (χ1v) is 10.8. The van der Waals surface area contributed by atoms with Gasteiger partial charge in [0, 0.05) is 30.9 Å². The number of rotatable bonds is 10. The molecule has 184 valence electrons. The third kappa shape index (κ3) is 5.37. The van der Waals surface area contributed by atoms with Gasteiger partial charge < -0.3 is 23.6 Å². The van der Waals surface area contributed by atoms with Crippen LogP contribution in [0.25, 0.3) is 11.0 Å². The Kier molecular flexibility index (Phi) is 7.90. The third-order valence-electron chi connectivity index (χ3n) is 5.40. The predicted molar refractivity (Wildman–Crippen MR) is 121 cm³/mol. The molecule has 0 bridgehead atoms. The molecule has 0 fully saturated rings. The summed E-state index contributed by atoms with van der Waals surface area (Å²) in [5.74, 6) is 0.426. The van der Waals surface area contributed by atoms with Crippen molar-refractivity contribution >= 4 is 22.6 Å². The molecule has 2 aromatic carbocycles. The molecule has 0 spiro atoms. The number of nitrogens with zero attached hydrogens (tertiary/aromatic N) is 2. The summed E-state index contributed by atoms with van der Waals surface area (Å²) < 4.78 is 60.5. The van der Waals surface area contributed by atoms with Gasteiger partial charge in [-0.1, -0.05) is 18.5 Å². The number of aromatic nitrogens is 1. The first kappa shape index (κ1) is 25.2. The smallest absolute Gasteiger partial charge is 0.437 e. The van der Waals surface area contributed by atoms with E-state index in [1.54, 1.807) is 24.3 Å². The van der Waals surface area contributed by atoms with E-state index in [9.17, 15) is 18.0 Å². The van der Waals surface area contributed by atoms with Gasteiger partial charge in [-0.15, -0.1) is 0 Å². The van der Waals surface area contributed by atoms with Crippen LogP contribution in [0.4, 0.5) is 18.9 Å². The average Bonchev–Trinajstić information content (AvgIpc) is 3.27. The number of hydrogen-bond donors (Lipinski definition) is 0. The average molecular weight is 480 g/mol. The summed E-state index contributed by atoms with van der Waals surface area (Å²) in [4.78, 5) is 13.8. The van der Waals surface area contributed by atoms with Crippen LogP contribution in [0, 0.1) is 0 Å². The second kappa shape index (κ2) is 10.7. The molecular formula is C24H27F3N2O5. The van der Waals surface area contributed by atoms with E-state index in [-0.39, 0.29) is 11.0 Å². The molecule has 10 heteroatoms. The highest BCUT2D eigenvalue weighted by Gasteiger charge is 2.37. The lowest BCUT2D eigenvalue weighted by Gasteiger charge is -2.21. The molecule has 0 atom stereocenters. The van der Waals surface area contributed by atoms with Gasteiger partial charge in [-0.05, 0) is 37.1 Å². The Balaban J connectivity index is 1.67. The molecule has 0 radical (unpaired) electrons. The Bertz CT molecular complexity index is 1140. The fourth-order valence-electron chi connectivity index (χ4n) is 3.68. The van der Waals surface area contributed by atoms with Gasteiger partial charge in [0.15, 0.2) is 11.3 Å². The summed E-state index contributed by atoms with van der Waals surface area (Å²) >= 11 is 0. The number of ether oxygens (including phenoxy) is 3. The second-order valence-corrected chi connectivity index (χ2v) is 7.70. The lowest BCUT2D eigenvalue weighted by molar-refractivity contribution is -0.141. The van der Waals surface area contributed by atoms with Crippen LogP contribution in [0.1, 0.15) is 41.4 Å². The highest BCUT2D eigenvalue weighted by Crippen LogP contribution is 2.38. The van der Waals surface area contributed by atoms with Crippen molar-refractivity contribution in [3.05, 3.63) is 47.2 Å². The molecule has 34 heavy (non-hydrogen) atoms. The summed E-state index contributed by atoms with van der Waals surface area (Å²) in [6.07, 6.45) is -2.72. The molecule has 3 aromatic rings. The van der Waals surface area contributed by atoms with Gasteiger partial charge in [-0.3, -0.25) is 0 Å². The normalized spacial score (nSPS) is 11.5. The highest BCUT2D eigenvalue weighted by atomic mass is 19.4. The Morgan fingerprint density at radius 2 is 1.91 bits per heavy atom. The van der Waals surface area contributed by atoms with Crippen LogP contribution in [0.5, 0.6) is 11.5 Å². The SMILES string of the molecule is CCCc1c(OCCCN(C)c2ccc(C(=O)OC)c(OC)c2)ccc2c(C(F)(F)F)noc12. The van der Waals surface area contributed by atoms with E-state index >= 15 is 0 Å². The number of alkyl halides is 3. The minimum absolute atomic E-state index is 0.0626. The van der Waals surface area contributed by atoms with Crippen molar-refractivity contribution in [2.75, 3.05) is 39.3 Å². The van der Waals surface area contributed by atoms with Crippen molar-refractivity contribution in [2.45, 2.75) is 32.4 Å². The zero-order valence-corrected chi connectivity index (χ0v) is 19.5. The van der Waals surface area contributed by atoms with Crippen molar-refractivity contribution in [1.29, 1.82) is 0 Å². The Morgan fingerprint density at radius 1 is 1.15 bits per heavy atom. The number of methoxy groups -OCH3 is 2. The number of carbonyl (C=O) groups is 1. The van der Waals surface area contributed by atoms with Crippen molar-refractivity contribution in [3.63, 3.8) is 0 Å². The molecule has 3 rings (SSSR count). The van der Waals surface area contributed by atoms with Crippen LogP contribution in [-0.4, -0.2) is 45.5 Å². The Morgan fingerprint density at radius 3 is 2.56 bits per heavy atom. The molecule has 0 aliphatic heterocycles. The molecule has 0 unspecified atom stereocenters. The highest BCUT2D eigenvalue weighted by molar-refractivity contribution is 5.93. The number of esters is 1. The number of hydrogen-bond acceptors (Lipinski definition) is 7. The fourth-order valence-corrected chi connectivity index (χ4v) is 3.68. The van der Waals surface area contributed by atoms with Gasteiger partial charge in [-0.2, -0.15) is 13.2 Å². The third-order valence-corrected chi connectivity index (χ3v) is 5.40. The van der Waals surface area contributed by atoms with Gasteiger partial charge in [0.05, 0.1) is 26.2 Å². The fraction of sp³-hybridized carbons (Fsp3) is 0.417. The second-order valence-electron chi connectivity index (χ2n) is 7.70. The maximum absolute atomic E-state index is 13.2. The maximum Gasteiger partial charge on any atom is 0.437 e. The molecule has 1 heterocycles. The number of carbonyl (C=O) groups excluding carboxylic acids is 1. The van der Waals surface area contributed by atoms with E-state index in [2.05, 4.69) is 5.16 Å². The van der Waals surface area contributed by atoms with Gasteiger partial charge in [0.2, 0.25) is 0 Å². The maximum atomic E-state index is 13.2. The molecular weight excluding hydrogens is 453 g/mol. The standard InChI is InChI=1S/C24H27F3N2O5/c1-5-7-16-19(11-10-18-21(16)34-28-22(18)24(25,26)27)33-13-6-12-29(2)15-8-9-17(23(30)32-4)20(14-15)31-3/h8-11,14H,5-7,12-13H2,1-4H3. The topological polar surface area (TPSA) is 74.0 Å². The molecule has 0 amide bonds. The molecule has 7 nitrogen and oxygen atoms in total. The molecule has 0 saturated carbocycles. The summed E-state index contributed by atoms with van der Waals surface area (Å²) in [7, 11) is 4.69. The summed E-state index contributed by atoms with van der Waals surface area (Å²) in [6, 6.07) is 8.07. The first-order valence-electron chi connectivity index (χ1n) is 10.8. The monoisotopic (exact) mass is 480 g/mol. The number of anilines is 1. The molecule has 0 aliphatic rings. The Hall–Kier alpha value is -3.43. The van der Waals surface area contributed by atoms with Crippen molar-refractivity contribution in [2.24, 2.45) is 0 Å². The zero-order valence-electron chi connectivity index (χ0n) is 19.5. The van der Waals surface area contributed by atoms with Crippen molar-refractivity contribution in [3.8, 4) is 11.5 Å². The van der Waals surface area contributed by atoms with E-state index in [1.165, 1.54) is 20.3 Å². The quantitative estimate of drug-likeness (QED) is 0.280. The zero-order chi connectivity index (χ0) is 24.9. The predicted octanol–water partition coefficient (Wildman–Crippen LogP) is 5.50. The number of benzene rings is 2. The van der Waals surface area contributed by atoms with E-state index in [1.807, 2.05) is 18.9 Å². The minimum atomic E-state index is -4.58. The number of aryl methyl sites for hydroxylation is 1. The van der Waals surface area contributed by atoms with Gasteiger partial charge in [-0.25, -0.2) is 4.79 Å². The number of fused-ring (bicyclic) bond motifs is 1. The summed E-state index contributed by atoms with van der Waals surface area (Å²) in [6.45, 7) is 2.91. The molecule has 0 saturated heterocycles. The largest absolute Gasteiger partial charge is 0.496 e. The molecule has 1 aromatic heterocycles. The van der Waals surface area contributed by atoms with Crippen molar-refractivity contribution < 1.29 is 36.7 Å². The summed E-state index contributed by atoms with van der Waals surface area (Å²) in [5, 5.41) is 3.18. The van der Waals surface area contributed by atoms with Crippen molar-refractivity contribution in [1.82, 2.24) is 5.16 Å². The Labute approximate surface area is 195 Å².